The van der Waals surface area contributed by atoms with Gasteiger partial charge in [0.05, 0.1) is 19.5 Å². The number of hydrogen-bond donors (Lipinski definition) is 1. The molecule has 88 valence electrons. The van der Waals surface area contributed by atoms with Gasteiger partial charge in [-0.05, 0) is 11.1 Å². The van der Waals surface area contributed by atoms with Crippen molar-refractivity contribution in [2.45, 2.75) is 13.5 Å². The van der Waals surface area contributed by atoms with Crippen LogP contribution >= 0.6 is 0 Å². The third kappa shape index (κ3) is 2.19. The Hall–Kier alpha value is -1.50. The van der Waals surface area contributed by atoms with Crippen molar-refractivity contribution < 1.29 is 9.90 Å². The number of tetrazole rings is 1. The number of likely N-dealkylation sites (tertiary alicyclic amines) is 1. The predicted octanol–water partition coefficient (Wildman–Crippen LogP) is -0.637. The highest BCUT2D eigenvalue weighted by atomic mass is 16.4. The smallest absolute Gasteiger partial charge is 0.308 e. The molecule has 1 aliphatic rings. The van der Waals surface area contributed by atoms with Crippen LogP contribution in [0.5, 0.6) is 0 Å². The molecule has 2 atom stereocenters. The first-order valence-electron chi connectivity index (χ1n) is 5.24. The van der Waals surface area contributed by atoms with Crippen LogP contribution in [0.1, 0.15) is 12.7 Å². The number of aromatic nitrogens is 4. The molecule has 0 unspecified atom stereocenters. The molecule has 0 bridgehead atoms. The molecule has 7 nitrogen and oxygen atoms in total. The summed E-state index contributed by atoms with van der Waals surface area (Å²) in [5, 5.41) is 20.7. The van der Waals surface area contributed by atoms with E-state index < -0.39 is 5.97 Å². The van der Waals surface area contributed by atoms with Crippen LogP contribution in [0.4, 0.5) is 0 Å². The van der Waals surface area contributed by atoms with E-state index in [1.165, 1.54) is 4.80 Å². The molecule has 2 heterocycles. The zero-order valence-electron chi connectivity index (χ0n) is 9.37. The number of carbonyl (C=O) groups is 1. The lowest BCUT2D eigenvalue weighted by Gasteiger charge is -2.11. The van der Waals surface area contributed by atoms with Gasteiger partial charge in [0.25, 0.3) is 0 Å². The zero-order valence-corrected chi connectivity index (χ0v) is 9.37. The van der Waals surface area contributed by atoms with Crippen LogP contribution in [0.15, 0.2) is 0 Å². The fourth-order valence-electron chi connectivity index (χ4n) is 2.10. The third-order valence-corrected chi connectivity index (χ3v) is 2.92. The van der Waals surface area contributed by atoms with Gasteiger partial charge in [-0.2, -0.15) is 4.80 Å². The molecule has 0 amide bonds. The zero-order chi connectivity index (χ0) is 11.7. The maximum atomic E-state index is 10.9. The maximum absolute atomic E-state index is 10.9. The molecule has 16 heavy (non-hydrogen) atoms. The van der Waals surface area contributed by atoms with Gasteiger partial charge < -0.3 is 5.11 Å². The van der Waals surface area contributed by atoms with E-state index in [1.807, 2.05) is 6.92 Å². The van der Waals surface area contributed by atoms with Gasteiger partial charge in [0, 0.05) is 13.1 Å². The predicted molar refractivity (Wildman–Crippen MR) is 54.4 cm³/mol. The van der Waals surface area contributed by atoms with E-state index in [2.05, 4.69) is 20.3 Å². The summed E-state index contributed by atoms with van der Waals surface area (Å²) in [5.74, 6) is -0.186. The monoisotopic (exact) mass is 225 g/mol. The number of nitrogens with zero attached hydrogens (tertiary/aromatic N) is 5. The minimum atomic E-state index is -0.720. The molecule has 2 rings (SSSR count). The Morgan fingerprint density at radius 2 is 2.31 bits per heavy atom. The topological polar surface area (TPSA) is 84.1 Å². The number of rotatable bonds is 3. The summed E-state index contributed by atoms with van der Waals surface area (Å²) in [7, 11) is 1.71. The number of carboxylic acid groups (broad SMARTS) is 1. The second-order valence-corrected chi connectivity index (χ2v) is 4.31. The highest BCUT2D eigenvalue weighted by molar-refractivity contribution is 5.71. The van der Waals surface area contributed by atoms with Crippen LogP contribution in [0.3, 0.4) is 0 Å². The Kier molecular flexibility index (Phi) is 2.86. The minimum Gasteiger partial charge on any atom is -0.481 e. The van der Waals surface area contributed by atoms with Crippen LogP contribution in [0.25, 0.3) is 0 Å². The molecule has 0 aliphatic carbocycles. The van der Waals surface area contributed by atoms with E-state index in [0.29, 0.717) is 18.9 Å². The molecule has 1 saturated heterocycles. The summed E-state index contributed by atoms with van der Waals surface area (Å²) in [6.07, 6.45) is 0. The summed E-state index contributed by atoms with van der Waals surface area (Å²) in [4.78, 5) is 14.4. The van der Waals surface area contributed by atoms with Gasteiger partial charge in [-0.25, -0.2) is 0 Å². The first-order chi connectivity index (χ1) is 7.56. The van der Waals surface area contributed by atoms with Gasteiger partial charge in [-0.3, -0.25) is 9.69 Å². The second-order valence-electron chi connectivity index (χ2n) is 4.31. The van der Waals surface area contributed by atoms with E-state index in [1.54, 1.807) is 7.05 Å². The van der Waals surface area contributed by atoms with Crippen LogP contribution in [0, 0.1) is 11.8 Å². The first-order valence-corrected chi connectivity index (χ1v) is 5.24. The summed E-state index contributed by atoms with van der Waals surface area (Å²) in [6.45, 7) is 3.87. The largest absolute Gasteiger partial charge is 0.481 e. The third-order valence-electron chi connectivity index (χ3n) is 2.92. The van der Waals surface area contributed by atoms with E-state index in [0.717, 1.165) is 6.54 Å². The Morgan fingerprint density at radius 1 is 1.56 bits per heavy atom. The molecule has 1 aromatic rings. The molecule has 1 aliphatic heterocycles. The molecule has 1 fully saturated rings. The quantitative estimate of drug-likeness (QED) is 0.736. The first kappa shape index (κ1) is 11.0. The molecule has 0 saturated carbocycles. The van der Waals surface area contributed by atoms with Crippen LogP contribution in [0.2, 0.25) is 0 Å². The molecular weight excluding hydrogens is 210 g/mol. The Balaban J connectivity index is 1.96. The van der Waals surface area contributed by atoms with Crippen molar-refractivity contribution in [1.82, 2.24) is 25.1 Å². The lowest BCUT2D eigenvalue weighted by molar-refractivity contribution is -0.142. The molecule has 0 radical (unpaired) electrons. The van der Waals surface area contributed by atoms with Crippen LogP contribution in [-0.2, 0) is 18.4 Å². The SMILES string of the molecule is C[C@@H]1CN(Cc2nnn(C)n2)C[C@H]1C(=O)O. The number of aryl methyl sites for hydroxylation is 1. The van der Waals surface area contributed by atoms with E-state index in [-0.39, 0.29) is 11.8 Å². The van der Waals surface area contributed by atoms with Crippen molar-refractivity contribution in [3.8, 4) is 0 Å². The number of aliphatic carboxylic acids is 1. The van der Waals surface area contributed by atoms with Crippen LogP contribution < -0.4 is 0 Å². The molecule has 0 spiro atoms. The Labute approximate surface area is 93.0 Å². The van der Waals surface area contributed by atoms with E-state index >= 15 is 0 Å². The van der Waals surface area contributed by atoms with Crippen molar-refractivity contribution in [3.05, 3.63) is 5.82 Å². The average Bonchev–Trinajstić information content (AvgIpc) is 2.73. The van der Waals surface area contributed by atoms with Gasteiger partial charge in [-0.1, -0.05) is 6.92 Å². The minimum absolute atomic E-state index is 0.175. The summed E-state index contributed by atoms with van der Waals surface area (Å²) >= 11 is 0. The lowest BCUT2D eigenvalue weighted by Crippen LogP contribution is -2.23. The van der Waals surface area contributed by atoms with Crippen molar-refractivity contribution in [1.29, 1.82) is 0 Å². The maximum Gasteiger partial charge on any atom is 0.308 e. The summed E-state index contributed by atoms with van der Waals surface area (Å²) in [6, 6.07) is 0. The molecule has 1 aromatic heterocycles. The normalized spacial score (nSPS) is 26.1. The Bertz CT molecular complexity index is 391. The molecule has 0 aromatic carbocycles. The van der Waals surface area contributed by atoms with Gasteiger partial charge >= 0.3 is 5.97 Å². The van der Waals surface area contributed by atoms with E-state index in [4.69, 9.17) is 5.11 Å². The van der Waals surface area contributed by atoms with Crippen molar-refractivity contribution >= 4 is 5.97 Å². The van der Waals surface area contributed by atoms with Crippen molar-refractivity contribution in [3.63, 3.8) is 0 Å². The van der Waals surface area contributed by atoms with Gasteiger partial charge in [0.2, 0.25) is 0 Å². The molecular formula is C9H15N5O2. The highest BCUT2D eigenvalue weighted by Crippen LogP contribution is 2.23. The molecule has 1 N–H and O–H groups in total. The average molecular weight is 225 g/mol. The van der Waals surface area contributed by atoms with Crippen molar-refractivity contribution in [2.24, 2.45) is 18.9 Å². The Morgan fingerprint density at radius 3 is 2.81 bits per heavy atom. The van der Waals surface area contributed by atoms with Gasteiger partial charge in [-0.15, -0.1) is 10.2 Å². The fourth-order valence-corrected chi connectivity index (χ4v) is 2.10. The van der Waals surface area contributed by atoms with E-state index in [9.17, 15) is 4.79 Å². The number of hydrogen-bond acceptors (Lipinski definition) is 5. The molecule has 7 heteroatoms. The van der Waals surface area contributed by atoms with Gasteiger partial charge in [0.1, 0.15) is 0 Å². The second kappa shape index (κ2) is 4.17. The van der Waals surface area contributed by atoms with Crippen molar-refractivity contribution in [2.75, 3.05) is 13.1 Å². The van der Waals surface area contributed by atoms with Crippen LogP contribution in [-0.4, -0.2) is 49.3 Å². The lowest BCUT2D eigenvalue weighted by atomic mass is 9.99. The summed E-state index contributed by atoms with van der Waals surface area (Å²) in [5.41, 5.74) is 0. The summed E-state index contributed by atoms with van der Waals surface area (Å²) < 4.78 is 0. The fraction of sp³-hybridized carbons (Fsp3) is 0.778. The number of carboxylic acids is 1. The standard InChI is InChI=1S/C9H15N5O2/c1-6-3-14(4-7(6)9(15)16)5-8-10-12-13(2)11-8/h6-7H,3-5H2,1-2H3,(H,15,16)/t6-,7-/m1/s1. The highest BCUT2D eigenvalue weighted by Gasteiger charge is 2.34. The van der Waals surface area contributed by atoms with Gasteiger partial charge in [0.15, 0.2) is 5.82 Å².